The molecule has 1 aromatic heterocycles. The molecule has 2 heterocycles. The number of imidazole rings is 1. The van der Waals surface area contributed by atoms with Crippen LogP contribution < -0.4 is 5.32 Å². The van der Waals surface area contributed by atoms with Gasteiger partial charge in [-0.2, -0.15) is 0 Å². The maximum atomic E-state index is 12.8. The smallest absolute Gasteiger partial charge is 0.231 e. The van der Waals surface area contributed by atoms with E-state index in [4.69, 9.17) is 4.98 Å². The minimum absolute atomic E-state index is 0.00600. The van der Waals surface area contributed by atoms with Gasteiger partial charge in [0.25, 0.3) is 0 Å². The summed E-state index contributed by atoms with van der Waals surface area (Å²) in [5.41, 5.74) is 4.66. The topological polar surface area (TPSA) is 64.0 Å². The van der Waals surface area contributed by atoms with E-state index in [0.29, 0.717) is 17.4 Å². The summed E-state index contributed by atoms with van der Waals surface area (Å²) in [4.78, 5) is 29.3. The van der Waals surface area contributed by atoms with Gasteiger partial charge in [-0.1, -0.05) is 24.6 Å². The van der Waals surface area contributed by atoms with Crippen LogP contribution in [0.15, 0.2) is 23.4 Å². The van der Waals surface area contributed by atoms with Crippen LogP contribution in [-0.4, -0.2) is 27.0 Å². The molecule has 142 valence electrons. The van der Waals surface area contributed by atoms with Gasteiger partial charge in [-0.15, -0.1) is 0 Å². The molecule has 5 nitrogen and oxygen atoms in total. The molecule has 2 aromatic rings. The lowest BCUT2D eigenvalue weighted by Crippen LogP contribution is -2.10. The molecule has 0 bridgehead atoms. The van der Waals surface area contributed by atoms with Gasteiger partial charge in [-0.25, -0.2) is 4.98 Å². The number of carbonyl (C=O) groups excluding carboxylic acids is 2. The van der Waals surface area contributed by atoms with Gasteiger partial charge in [-0.3, -0.25) is 9.59 Å². The van der Waals surface area contributed by atoms with Crippen LogP contribution in [0.1, 0.15) is 71.9 Å². The minimum Gasteiger partial charge on any atom is -0.325 e. The van der Waals surface area contributed by atoms with Gasteiger partial charge < -0.3 is 9.88 Å². The first-order valence-corrected chi connectivity index (χ1v) is 10.6. The van der Waals surface area contributed by atoms with Crippen LogP contribution >= 0.6 is 11.8 Å². The molecule has 0 radical (unpaired) electrons. The van der Waals surface area contributed by atoms with E-state index in [2.05, 4.69) is 16.8 Å². The van der Waals surface area contributed by atoms with Gasteiger partial charge in [0.15, 0.2) is 10.9 Å². The third-order valence-corrected chi connectivity index (χ3v) is 6.82. The molecular weight excluding hydrogens is 358 g/mol. The van der Waals surface area contributed by atoms with Crippen LogP contribution in [0.4, 0.5) is 5.69 Å². The number of nitrogens with zero attached hydrogens (tertiary/aromatic N) is 2. The standard InChI is InChI=1S/C21H25N3O2S/c1-12-17-10-15(8-9-18(17)23-20(12)26)19(25)11-27-21-22-13(2)14(3)24(21)16-6-4-5-7-16/h8-10,12,16H,4-7,11H2,1-3H3,(H,23,26)/t12-/m1/s1. The predicted molar refractivity (Wildman–Crippen MR) is 108 cm³/mol. The second-order valence-corrected chi connectivity index (χ2v) is 8.54. The van der Waals surface area contributed by atoms with Gasteiger partial charge in [0.05, 0.1) is 17.4 Å². The molecule has 0 unspecified atom stereocenters. The summed E-state index contributed by atoms with van der Waals surface area (Å²) in [6.45, 7) is 6.03. The maximum Gasteiger partial charge on any atom is 0.231 e. The second-order valence-electron chi connectivity index (χ2n) is 7.60. The molecule has 1 N–H and O–H groups in total. The van der Waals surface area contributed by atoms with Crippen LogP contribution in [0.3, 0.4) is 0 Å². The summed E-state index contributed by atoms with van der Waals surface area (Å²) in [6, 6.07) is 6.02. The maximum absolute atomic E-state index is 12.8. The third-order valence-electron chi connectivity index (χ3n) is 5.87. The van der Waals surface area contributed by atoms with E-state index < -0.39 is 0 Å². The number of amides is 1. The Morgan fingerprint density at radius 3 is 2.78 bits per heavy atom. The first kappa shape index (κ1) is 18.3. The molecule has 0 saturated heterocycles. The van der Waals surface area contributed by atoms with Gasteiger partial charge >= 0.3 is 0 Å². The highest BCUT2D eigenvalue weighted by molar-refractivity contribution is 7.99. The van der Waals surface area contributed by atoms with Crippen LogP contribution in [-0.2, 0) is 4.79 Å². The molecule has 1 atom stereocenters. The third kappa shape index (κ3) is 3.31. The van der Waals surface area contributed by atoms with E-state index in [-0.39, 0.29) is 17.6 Å². The number of anilines is 1. The highest BCUT2D eigenvalue weighted by Gasteiger charge is 2.28. The summed E-state index contributed by atoms with van der Waals surface area (Å²) >= 11 is 1.53. The Hall–Kier alpha value is -2.08. The Balaban J connectivity index is 1.51. The van der Waals surface area contributed by atoms with Gasteiger partial charge in [-0.05, 0) is 57.4 Å². The largest absolute Gasteiger partial charge is 0.325 e. The van der Waals surface area contributed by atoms with E-state index >= 15 is 0 Å². The number of carbonyl (C=O) groups is 2. The number of fused-ring (bicyclic) bond motifs is 1. The minimum atomic E-state index is -0.202. The van der Waals surface area contributed by atoms with E-state index in [1.165, 1.54) is 43.1 Å². The number of rotatable bonds is 5. The molecule has 1 aromatic carbocycles. The molecule has 1 fully saturated rings. The van der Waals surface area contributed by atoms with Crippen molar-refractivity contribution in [2.24, 2.45) is 0 Å². The van der Waals surface area contributed by atoms with Gasteiger partial charge in [0, 0.05) is 23.0 Å². The fourth-order valence-corrected chi connectivity index (χ4v) is 5.15. The Labute approximate surface area is 163 Å². The molecule has 27 heavy (non-hydrogen) atoms. The molecule has 4 rings (SSSR count). The summed E-state index contributed by atoms with van der Waals surface area (Å²) in [5.74, 6) is 0.225. The first-order chi connectivity index (χ1) is 13.0. The fraction of sp³-hybridized carbons (Fsp3) is 0.476. The highest BCUT2D eigenvalue weighted by atomic mass is 32.2. The lowest BCUT2D eigenvalue weighted by atomic mass is 9.99. The molecule has 6 heteroatoms. The van der Waals surface area contributed by atoms with E-state index in [9.17, 15) is 9.59 Å². The molecule has 1 aliphatic heterocycles. The van der Waals surface area contributed by atoms with Gasteiger partial charge in [0.2, 0.25) is 5.91 Å². The quantitative estimate of drug-likeness (QED) is 0.603. The van der Waals surface area contributed by atoms with Crippen LogP contribution in [0.2, 0.25) is 0 Å². The van der Waals surface area contributed by atoms with Crippen molar-refractivity contribution in [2.75, 3.05) is 11.1 Å². The first-order valence-electron chi connectivity index (χ1n) is 9.62. The summed E-state index contributed by atoms with van der Waals surface area (Å²) < 4.78 is 2.34. The molecular formula is C21H25N3O2S. The highest BCUT2D eigenvalue weighted by Crippen LogP contribution is 2.36. The summed E-state index contributed by atoms with van der Waals surface area (Å²) in [7, 11) is 0. The molecule has 1 saturated carbocycles. The average Bonchev–Trinajstić information content (AvgIpc) is 3.34. The number of ketones is 1. The van der Waals surface area contributed by atoms with Crippen molar-refractivity contribution >= 4 is 29.1 Å². The van der Waals surface area contributed by atoms with Crippen LogP contribution in [0.25, 0.3) is 0 Å². The Morgan fingerprint density at radius 2 is 2.04 bits per heavy atom. The number of nitrogens with one attached hydrogen (secondary N) is 1. The normalized spacial score (nSPS) is 19.4. The molecule has 1 aliphatic carbocycles. The van der Waals surface area contributed by atoms with Crippen molar-refractivity contribution in [3.8, 4) is 0 Å². The van der Waals surface area contributed by atoms with E-state index in [1.54, 1.807) is 6.07 Å². The van der Waals surface area contributed by atoms with Crippen molar-refractivity contribution in [1.82, 2.24) is 9.55 Å². The zero-order valence-corrected chi connectivity index (χ0v) is 16.9. The number of hydrogen-bond acceptors (Lipinski definition) is 4. The molecule has 1 amide bonds. The fourth-order valence-electron chi connectivity index (χ4n) is 4.09. The van der Waals surface area contributed by atoms with Crippen molar-refractivity contribution in [2.45, 2.75) is 63.6 Å². The SMILES string of the molecule is Cc1nc(SCC(=O)c2ccc3c(c2)[C@@H](C)C(=O)N3)n(C2CCCC2)c1C. The number of aryl methyl sites for hydroxylation is 1. The zero-order chi connectivity index (χ0) is 19.1. The lowest BCUT2D eigenvalue weighted by molar-refractivity contribution is -0.116. The lowest BCUT2D eigenvalue weighted by Gasteiger charge is -2.16. The van der Waals surface area contributed by atoms with E-state index in [1.807, 2.05) is 26.0 Å². The number of aromatic nitrogens is 2. The Bertz CT molecular complexity index is 912. The zero-order valence-electron chi connectivity index (χ0n) is 16.0. The summed E-state index contributed by atoms with van der Waals surface area (Å²) in [5, 5.41) is 3.81. The van der Waals surface area contributed by atoms with Crippen molar-refractivity contribution in [3.05, 3.63) is 40.7 Å². The molecule has 0 spiro atoms. The number of hydrogen-bond donors (Lipinski definition) is 1. The number of benzene rings is 1. The Morgan fingerprint density at radius 1 is 1.30 bits per heavy atom. The van der Waals surface area contributed by atoms with Crippen molar-refractivity contribution in [1.29, 1.82) is 0 Å². The van der Waals surface area contributed by atoms with Crippen molar-refractivity contribution < 1.29 is 9.59 Å². The number of thioether (sulfide) groups is 1. The average molecular weight is 384 g/mol. The summed E-state index contributed by atoms with van der Waals surface area (Å²) in [6.07, 6.45) is 4.93. The monoisotopic (exact) mass is 383 g/mol. The van der Waals surface area contributed by atoms with E-state index in [0.717, 1.165) is 22.1 Å². The second kappa shape index (κ2) is 7.15. The van der Waals surface area contributed by atoms with Gasteiger partial charge in [0.1, 0.15) is 0 Å². The molecule has 2 aliphatic rings. The van der Waals surface area contributed by atoms with Crippen molar-refractivity contribution in [3.63, 3.8) is 0 Å². The van der Waals surface area contributed by atoms with Crippen LogP contribution in [0.5, 0.6) is 0 Å². The predicted octanol–water partition coefficient (Wildman–Crippen LogP) is 4.65. The Kier molecular flexibility index (Phi) is 4.84. The van der Waals surface area contributed by atoms with Crippen LogP contribution in [0, 0.1) is 13.8 Å². The number of Topliss-reactive ketones (excluding diaryl/α,β-unsaturated/α-hetero) is 1.